The van der Waals surface area contributed by atoms with Gasteiger partial charge >= 0.3 is 0 Å². The summed E-state index contributed by atoms with van der Waals surface area (Å²) in [6, 6.07) is 18.4. The number of thiazole rings is 1. The predicted molar refractivity (Wildman–Crippen MR) is 114 cm³/mol. The van der Waals surface area contributed by atoms with Crippen molar-refractivity contribution in [2.75, 3.05) is 4.90 Å². The number of hydrogen-bond donors (Lipinski definition) is 0. The van der Waals surface area contributed by atoms with E-state index >= 15 is 0 Å². The van der Waals surface area contributed by atoms with Gasteiger partial charge in [-0.1, -0.05) is 47.7 Å². The van der Waals surface area contributed by atoms with Gasteiger partial charge in [-0.25, -0.2) is 9.37 Å². The van der Waals surface area contributed by atoms with Crippen LogP contribution in [0.2, 0.25) is 0 Å². The fourth-order valence-electron chi connectivity index (χ4n) is 3.16. The van der Waals surface area contributed by atoms with Crippen molar-refractivity contribution < 1.29 is 9.18 Å². The van der Waals surface area contributed by atoms with Crippen LogP contribution in [0.15, 0.2) is 73.1 Å². The van der Waals surface area contributed by atoms with Gasteiger partial charge in [0.15, 0.2) is 5.13 Å². The lowest BCUT2D eigenvalue weighted by atomic mass is 10.1. The van der Waals surface area contributed by atoms with Crippen molar-refractivity contribution >= 4 is 32.6 Å². The van der Waals surface area contributed by atoms with Crippen molar-refractivity contribution in [2.24, 2.45) is 0 Å². The monoisotopic (exact) mass is 405 g/mol. The molecule has 6 heteroatoms. The average Bonchev–Trinajstić information content (AvgIpc) is 3.16. The molecule has 0 unspecified atom stereocenters. The molecule has 2 aromatic heterocycles. The van der Waals surface area contributed by atoms with Gasteiger partial charge in [0.25, 0.3) is 0 Å². The maximum Gasteiger partial charge on any atom is 0.229 e. The number of pyridine rings is 1. The van der Waals surface area contributed by atoms with Crippen molar-refractivity contribution in [1.82, 2.24) is 9.97 Å². The second-order valence-electron chi connectivity index (χ2n) is 6.79. The second-order valence-corrected chi connectivity index (χ2v) is 7.80. The molecule has 1 amide bonds. The first-order valence-electron chi connectivity index (χ1n) is 9.48. The summed E-state index contributed by atoms with van der Waals surface area (Å²) >= 11 is 1.40. The lowest BCUT2D eigenvalue weighted by Crippen LogP contribution is -2.30. The standard InChI is InChI=1S/C23H20FN3OS/c24-19-11-12-21-20(14-19)26-23(29-21)27(16-18-9-5-13-25-15-18)22(28)10-4-8-17-6-2-1-3-7-17/h1-3,5-7,9,11-15H,4,8,10,16H2. The Kier molecular flexibility index (Phi) is 5.91. The maximum absolute atomic E-state index is 13.6. The van der Waals surface area contributed by atoms with Gasteiger partial charge in [0.2, 0.25) is 5.91 Å². The number of anilines is 1. The van der Waals surface area contributed by atoms with Crippen LogP contribution >= 0.6 is 11.3 Å². The Hall–Kier alpha value is -3.12. The third-order valence-corrected chi connectivity index (χ3v) is 5.69. The van der Waals surface area contributed by atoms with Gasteiger partial charge < -0.3 is 0 Å². The highest BCUT2D eigenvalue weighted by Gasteiger charge is 2.20. The fraction of sp³-hybridized carbons (Fsp3) is 0.174. The Labute approximate surface area is 172 Å². The quantitative estimate of drug-likeness (QED) is 0.414. The molecule has 0 bridgehead atoms. The van der Waals surface area contributed by atoms with Gasteiger partial charge in [0.1, 0.15) is 5.82 Å². The lowest BCUT2D eigenvalue weighted by Gasteiger charge is -2.20. The third-order valence-electron chi connectivity index (χ3n) is 4.63. The van der Waals surface area contributed by atoms with Crippen molar-refractivity contribution in [2.45, 2.75) is 25.8 Å². The summed E-state index contributed by atoms with van der Waals surface area (Å²) in [4.78, 5) is 23.4. The van der Waals surface area contributed by atoms with E-state index in [1.54, 1.807) is 23.4 Å². The van der Waals surface area contributed by atoms with E-state index in [0.29, 0.717) is 23.6 Å². The van der Waals surface area contributed by atoms with E-state index < -0.39 is 0 Å². The van der Waals surface area contributed by atoms with Gasteiger partial charge in [0, 0.05) is 24.9 Å². The topological polar surface area (TPSA) is 46.1 Å². The average molecular weight is 405 g/mol. The molecule has 0 aliphatic carbocycles. The molecule has 2 aromatic carbocycles. The minimum absolute atomic E-state index is 0.00399. The number of halogens is 1. The van der Waals surface area contributed by atoms with Crippen LogP contribution in [0.25, 0.3) is 10.2 Å². The van der Waals surface area contributed by atoms with Crippen molar-refractivity contribution in [3.05, 3.63) is 90.0 Å². The summed E-state index contributed by atoms with van der Waals surface area (Å²) in [5, 5.41) is 0.583. The maximum atomic E-state index is 13.6. The van der Waals surface area contributed by atoms with Crippen LogP contribution < -0.4 is 4.90 Å². The number of carbonyl (C=O) groups excluding carboxylic acids is 1. The van der Waals surface area contributed by atoms with Crippen molar-refractivity contribution in [3.8, 4) is 0 Å². The Morgan fingerprint density at radius 2 is 1.86 bits per heavy atom. The number of aryl methyl sites for hydroxylation is 1. The lowest BCUT2D eigenvalue weighted by molar-refractivity contribution is -0.118. The molecule has 4 aromatic rings. The first-order chi connectivity index (χ1) is 14.2. The number of benzene rings is 2. The van der Waals surface area contributed by atoms with E-state index in [4.69, 9.17) is 0 Å². The SMILES string of the molecule is O=C(CCCc1ccccc1)N(Cc1cccnc1)c1nc2cc(F)ccc2s1. The summed E-state index contributed by atoms with van der Waals surface area (Å²) in [7, 11) is 0. The molecule has 0 spiro atoms. The Balaban J connectivity index is 1.54. The first kappa shape index (κ1) is 19.2. The van der Waals surface area contributed by atoms with Crippen LogP contribution in [-0.4, -0.2) is 15.9 Å². The van der Waals surface area contributed by atoms with E-state index in [0.717, 1.165) is 23.1 Å². The number of carbonyl (C=O) groups is 1. The highest BCUT2D eigenvalue weighted by Crippen LogP contribution is 2.30. The van der Waals surface area contributed by atoms with Crippen LogP contribution in [0.1, 0.15) is 24.0 Å². The van der Waals surface area contributed by atoms with Crippen LogP contribution in [0.5, 0.6) is 0 Å². The molecule has 0 saturated heterocycles. The Bertz CT molecular complexity index is 1100. The van der Waals surface area contributed by atoms with Gasteiger partial charge in [-0.15, -0.1) is 0 Å². The van der Waals surface area contributed by atoms with Crippen LogP contribution in [0, 0.1) is 5.82 Å². The molecular formula is C23H20FN3OS. The van der Waals surface area contributed by atoms with E-state index in [-0.39, 0.29) is 11.7 Å². The molecule has 0 radical (unpaired) electrons. The van der Waals surface area contributed by atoms with Gasteiger partial charge in [-0.2, -0.15) is 0 Å². The minimum Gasteiger partial charge on any atom is -0.284 e. The molecule has 0 N–H and O–H groups in total. The molecule has 0 aliphatic rings. The van der Waals surface area contributed by atoms with E-state index in [1.165, 1.54) is 29.0 Å². The number of nitrogens with zero attached hydrogens (tertiary/aromatic N) is 3. The van der Waals surface area contributed by atoms with Crippen molar-refractivity contribution in [3.63, 3.8) is 0 Å². The molecule has 0 aliphatic heterocycles. The zero-order valence-corrected chi connectivity index (χ0v) is 16.6. The Morgan fingerprint density at radius 3 is 2.66 bits per heavy atom. The van der Waals surface area contributed by atoms with Crippen molar-refractivity contribution in [1.29, 1.82) is 0 Å². The molecule has 0 atom stereocenters. The minimum atomic E-state index is -0.331. The summed E-state index contributed by atoms with van der Waals surface area (Å²) in [6.07, 6.45) is 5.47. The second kappa shape index (κ2) is 8.92. The van der Waals surface area contributed by atoms with Gasteiger partial charge in [-0.3, -0.25) is 14.7 Å². The largest absolute Gasteiger partial charge is 0.284 e. The number of rotatable bonds is 7. The first-order valence-corrected chi connectivity index (χ1v) is 10.3. The van der Waals surface area contributed by atoms with Gasteiger partial charge in [0.05, 0.1) is 16.8 Å². The van der Waals surface area contributed by atoms with Gasteiger partial charge in [-0.05, 0) is 42.2 Å². The van der Waals surface area contributed by atoms with E-state index in [9.17, 15) is 9.18 Å². The highest BCUT2D eigenvalue weighted by molar-refractivity contribution is 7.22. The number of hydrogen-bond acceptors (Lipinski definition) is 4. The van der Waals surface area contributed by atoms with Crippen LogP contribution in [-0.2, 0) is 17.8 Å². The summed E-state index contributed by atoms with van der Waals surface area (Å²) in [5.74, 6) is -0.327. The smallest absolute Gasteiger partial charge is 0.229 e. The molecule has 4 rings (SSSR count). The zero-order chi connectivity index (χ0) is 20.1. The fourth-order valence-corrected chi connectivity index (χ4v) is 4.13. The molecule has 4 nitrogen and oxygen atoms in total. The van der Waals surface area contributed by atoms with E-state index in [2.05, 4.69) is 22.1 Å². The summed E-state index contributed by atoms with van der Waals surface area (Å²) in [6.45, 7) is 0.389. The normalized spacial score (nSPS) is 10.9. The molecule has 2 heterocycles. The third kappa shape index (κ3) is 4.84. The van der Waals surface area contributed by atoms with E-state index in [1.807, 2.05) is 30.3 Å². The number of aromatic nitrogens is 2. The highest BCUT2D eigenvalue weighted by atomic mass is 32.1. The number of amides is 1. The number of fused-ring (bicyclic) bond motifs is 1. The van der Waals surface area contributed by atoms with Crippen LogP contribution in [0.3, 0.4) is 0 Å². The predicted octanol–water partition coefficient (Wildman–Crippen LogP) is 5.39. The van der Waals surface area contributed by atoms with Crippen LogP contribution in [0.4, 0.5) is 9.52 Å². The summed E-state index contributed by atoms with van der Waals surface area (Å²) < 4.78 is 14.4. The molecule has 0 fully saturated rings. The molecule has 29 heavy (non-hydrogen) atoms. The summed E-state index contributed by atoms with van der Waals surface area (Å²) in [5.41, 5.74) is 2.71. The molecule has 0 saturated carbocycles. The Morgan fingerprint density at radius 1 is 1.03 bits per heavy atom. The molecule has 146 valence electrons. The molecular weight excluding hydrogens is 385 g/mol. The zero-order valence-electron chi connectivity index (χ0n) is 15.8.